The lowest BCUT2D eigenvalue weighted by molar-refractivity contribution is -0.116. The highest BCUT2D eigenvalue weighted by Gasteiger charge is 2.07. The van der Waals surface area contributed by atoms with Crippen LogP contribution < -0.4 is 5.32 Å². The highest BCUT2D eigenvalue weighted by atomic mass is 16.3. The fourth-order valence-electron chi connectivity index (χ4n) is 2.32. The average molecular weight is 319 g/mol. The van der Waals surface area contributed by atoms with Crippen LogP contribution in [0, 0.1) is 0 Å². The second kappa shape index (κ2) is 7.37. The smallest absolute Gasteiger partial charge is 0.224 e. The summed E-state index contributed by atoms with van der Waals surface area (Å²) in [7, 11) is 0. The van der Waals surface area contributed by atoms with Crippen molar-refractivity contribution in [3.05, 3.63) is 72.6 Å². The van der Waals surface area contributed by atoms with Crippen LogP contribution >= 0.6 is 0 Å². The lowest BCUT2D eigenvalue weighted by atomic mass is 10.1. The van der Waals surface area contributed by atoms with E-state index >= 15 is 0 Å². The largest absolute Gasteiger partial charge is 0.508 e. The van der Waals surface area contributed by atoms with Gasteiger partial charge in [0.1, 0.15) is 5.75 Å². The van der Waals surface area contributed by atoms with E-state index in [4.69, 9.17) is 0 Å². The van der Waals surface area contributed by atoms with Crippen LogP contribution in [0.4, 0.5) is 5.69 Å². The van der Waals surface area contributed by atoms with Crippen molar-refractivity contribution in [2.45, 2.75) is 12.8 Å². The number of para-hydroxylation sites is 1. The van der Waals surface area contributed by atoms with Crippen molar-refractivity contribution >= 4 is 11.6 Å². The van der Waals surface area contributed by atoms with Gasteiger partial charge in [0.25, 0.3) is 0 Å². The third-order valence-corrected chi connectivity index (χ3v) is 3.58. The number of anilines is 1. The minimum Gasteiger partial charge on any atom is -0.508 e. The Morgan fingerprint density at radius 1 is 0.958 bits per heavy atom. The number of phenolic OH excluding ortho intramolecular Hbond substituents is 1. The molecule has 2 aromatic carbocycles. The zero-order valence-corrected chi connectivity index (χ0v) is 13.0. The van der Waals surface area contributed by atoms with E-state index in [0.717, 1.165) is 11.1 Å². The molecule has 120 valence electrons. The zero-order chi connectivity index (χ0) is 16.8. The molecule has 0 saturated carbocycles. The number of hydrogen-bond donors (Lipinski definition) is 2. The molecule has 0 saturated heterocycles. The van der Waals surface area contributed by atoms with Crippen molar-refractivity contribution in [3.63, 3.8) is 0 Å². The number of benzene rings is 2. The number of aryl methyl sites for hydroxylation is 1. The van der Waals surface area contributed by atoms with Crippen LogP contribution in [0.3, 0.4) is 0 Å². The molecule has 0 bridgehead atoms. The molecule has 0 spiro atoms. The minimum atomic E-state index is -0.144. The van der Waals surface area contributed by atoms with Crippen LogP contribution in [-0.4, -0.2) is 21.0 Å². The monoisotopic (exact) mass is 319 g/mol. The molecular formula is C19H17N3O2. The molecule has 0 unspecified atom stereocenters. The molecule has 5 nitrogen and oxygen atoms in total. The molecule has 2 N–H and O–H groups in total. The van der Waals surface area contributed by atoms with Gasteiger partial charge in [0.2, 0.25) is 5.91 Å². The van der Waals surface area contributed by atoms with Crippen LogP contribution in [0.2, 0.25) is 0 Å². The molecule has 0 fully saturated rings. The Kier molecular flexibility index (Phi) is 4.81. The van der Waals surface area contributed by atoms with Gasteiger partial charge in [0, 0.05) is 12.0 Å². The van der Waals surface area contributed by atoms with Crippen molar-refractivity contribution < 1.29 is 9.90 Å². The van der Waals surface area contributed by atoms with Crippen molar-refractivity contribution in [2.24, 2.45) is 0 Å². The fraction of sp³-hybridized carbons (Fsp3) is 0.105. The Morgan fingerprint density at radius 2 is 1.62 bits per heavy atom. The number of amides is 1. The van der Waals surface area contributed by atoms with E-state index < -0.39 is 0 Å². The van der Waals surface area contributed by atoms with Crippen LogP contribution in [0.25, 0.3) is 11.4 Å². The SMILES string of the molecule is O=C(CCc1ccccc1O)Nc1cnc(-c2ccccc2)nc1. The summed E-state index contributed by atoms with van der Waals surface area (Å²) in [5.74, 6) is 0.679. The van der Waals surface area contributed by atoms with Crippen LogP contribution in [0.15, 0.2) is 67.0 Å². The molecule has 0 aliphatic rings. The van der Waals surface area contributed by atoms with Gasteiger partial charge >= 0.3 is 0 Å². The number of hydrogen-bond acceptors (Lipinski definition) is 4. The van der Waals surface area contributed by atoms with Crippen LogP contribution in [-0.2, 0) is 11.2 Å². The average Bonchev–Trinajstić information content (AvgIpc) is 2.62. The lowest BCUT2D eigenvalue weighted by Gasteiger charge is -2.06. The van der Waals surface area contributed by atoms with Gasteiger partial charge in [-0.25, -0.2) is 9.97 Å². The van der Waals surface area contributed by atoms with Gasteiger partial charge in [-0.2, -0.15) is 0 Å². The first kappa shape index (κ1) is 15.7. The van der Waals surface area contributed by atoms with E-state index in [2.05, 4.69) is 15.3 Å². The molecule has 1 amide bonds. The number of aromatic hydroxyl groups is 1. The maximum absolute atomic E-state index is 12.0. The molecule has 5 heteroatoms. The Morgan fingerprint density at radius 3 is 2.33 bits per heavy atom. The van der Waals surface area contributed by atoms with Gasteiger partial charge in [-0.3, -0.25) is 4.79 Å². The number of nitrogens with zero attached hydrogens (tertiary/aromatic N) is 2. The van der Waals surface area contributed by atoms with Gasteiger partial charge in [-0.15, -0.1) is 0 Å². The van der Waals surface area contributed by atoms with E-state index in [0.29, 0.717) is 17.9 Å². The zero-order valence-electron chi connectivity index (χ0n) is 13.0. The van der Waals surface area contributed by atoms with E-state index in [1.165, 1.54) is 0 Å². The highest BCUT2D eigenvalue weighted by molar-refractivity contribution is 5.90. The predicted octanol–water partition coefficient (Wildman–Crippen LogP) is 3.42. The first-order chi connectivity index (χ1) is 11.7. The Hall–Kier alpha value is -3.21. The molecule has 0 atom stereocenters. The van der Waals surface area contributed by atoms with Crippen molar-refractivity contribution in [1.82, 2.24) is 9.97 Å². The van der Waals surface area contributed by atoms with E-state index in [1.54, 1.807) is 30.6 Å². The molecule has 1 heterocycles. The molecule has 24 heavy (non-hydrogen) atoms. The van der Waals surface area contributed by atoms with Gasteiger partial charge < -0.3 is 10.4 Å². The topological polar surface area (TPSA) is 75.1 Å². The maximum Gasteiger partial charge on any atom is 0.224 e. The molecule has 3 aromatic rings. The Balaban J connectivity index is 1.58. The summed E-state index contributed by atoms with van der Waals surface area (Å²) in [4.78, 5) is 20.5. The first-order valence-electron chi connectivity index (χ1n) is 7.66. The predicted molar refractivity (Wildman–Crippen MR) is 92.5 cm³/mol. The molecule has 0 radical (unpaired) electrons. The summed E-state index contributed by atoms with van der Waals surface area (Å²) >= 11 is 0. The molecule has 0 aliphatic heterocycles. The maximum atomic E-state index is 12.0. The third kappa shape index (κ3) is 3.95. The van der Waals surface area contributed by atoms with Gasteiger partial charge in [0.15, 0.2) is 5.82 Å². The number of nitrogens with one attached hydrogen (secondary N) is 1. The number of phenols is 1. The van der Waals surface area contributed by atoms with E-state index in [1.807, 2.05) is 36.4 Å². The van der Waals surface area contributed by atoms with Crippen LogP contribution in [0.5, 0.6) is 5.75 Å². The second-order valence-corrected chi connectivity index (χ2v) is 5.34. The quantitative estimate of drug-likeness (QED) is 0.755. The highest BCUT2D eigenvalue weighted by Crippen LogP contribution is 2.18. The van der Waals surface area contributed by atoms with Crippen molar-refractivity contribution in [3.8, 4) is 17.1 Å². The summed E-state index contributed by atoms with van der Waals surface area (Å²) in [6.07, 6.45) is 3.93. The standard InChI is InChI=1S/C19H17N3O2/c23-17-9-5-4-6-14(17)10-11-18(24)22-16-12-20-19(21-13-16)15-7-2-1-3-8-15/h1-9,12-13,23H,10-11H2,(H,22,24). The Bertz CT molecular complexity index is 818. The van der Waals surface area contributed by atoms with Gasteiger partial charge in [-0.1, -0.05) is 48.5 Å². The number of rotatable bonds is 5. The molecule has 1 aromatic heterocycles. The first-order valence-corrected chi connectivity index (χ1v) is 7.66. The van der Waals surface area contributed by atoms with Gasteiger partial charge in [0.05, 0.1) is 18.1 Å². The Labute approximate surface area is 140 Å². The van der Waals surface area contributed by atoms with Crippen LogP contribution in [0.1, 0.15) is 12.0 Å². The number of aromatic nitrogens is 2. The third-order valence-electron chi connectivity index (χ3n) is 3.58. The fourth-order valence-corrected chi connectivity index (χ4v) is 2.32. The minimum absolute atomic E-state index is 0.144. The number of carbonyl (C=O) groups is 1. The summed E-state index contributed by atoms with van der Waals surface area (Å²) in [6.45, 7) is 0. The number of carbonyl (C=O) groups excluding carboxylic acids is 1. The van der Waals surface area contributed by atoms with E-state index in [-0.39, 0.29) is 18.1 Å². The van der Waals surface area contributed by atoms with Gasteiger partial charge in [-0.05, 0) is 18.1 Å². The summed E-state index contributed by atoms with van der Waals surface area (Å²) in [5.41, 5.74) is 2.23. The molecule has 3 rings (SSSR count). The second-order valence-electron chi connectivity index (χ2n) is 5.34. The van der Waals surface area contributed by atoms with Crippen molar-refractivity contribution in [2.75, 3.05) is 5.32 Å². The summed E-state index contributed by atoms with van der Waals surface area (Å²) in [6, 6.07) is 16.7. The lowest BCUT2D eigenvalue weighted by Crippen LogP contribution is -2.12. The van der Waals surface area contributed by atoms with Crippen molar-refractivity contribution in [1.29, 1.82) is 0 Å². The molecular weight excluding hydrogens is 302 g/mol. The summed E-state index contributed by atoms with van der Waals surface area (Å²) < 4.78 is 0. The normalized spacial score (nSPS) is 10.3. The van der Waals surface area contributed by atoms with E-state index in [9.17, 15) is 9.90 Å². The molecule has 0 aliphatic carbocycles. The summed E-state index contributed by atoms with van der Waals surface area (Å²) in [5, 5.41) is 12.5.